The van der Waals surface area contributed by atoms with Gasteiger partial charge >= 0.3 is 0 Å². The number of nitrogen functional groups attached to an aromatic ring is 3. The van der Waals surface area contributed by atoms with E-state index in [4.69, 9.17) is 35.8 Å². The highest BCUT2D eigenvalue weighted by Crippen LogP contribution is 2.30. The first-order chi connectivity index (χ1) is 52.3. The molecule has 0 fully saturated rings. The van der Waals surface area contributed by atoms with E-state index < -0.39 is 0 Å². The van der Waals surface area contributed by atoms with Gasteiger partial charge in [0.05, 0.1) is 64.4 Å². The molecule has 0 aliphatic rings. The molecule has 16 aromatic rings. The van der Waals surface area contributed by atoms with Gasteiger partial charge in [0, 0.05) is 113 Å². The molecule has 31 heteroatoms. The monoisotopic (exact) mass is 1520 g/mol. The number of H-pyrrole nitrogens is 2. The second-order valence-electron chi connectivity index (χ2n) is 28.4. The number of nitrogens with zero attached hydrogens (tertiary/aromatic N) is 23. The van der Waals surface area contributed by atoms with Crippen LogP contribution in [-0.4, -0.2) is 128 Å². The zero-order chi connectivity index (χ0) is 80.3. The van der Waals surface area contributed by atoms with E-state index >= 15 is 0 Å². The molecule has 0 aliphatic heterocycles. The average molecular weight is 1520 g/mol. The first kappa shape index (κ1) is 82.3. The number of rotatable bonds is 9. The number of aromatic nitrogens is 25. The van der Waals surface area contributed by atoms with Gasteiger partial charge in [0.25, 0.3) is 5.56 Å². The third-order valence-electron chi connectivity index (χ3n) is 17.7. The molecular weight excluding hydrogens is 1420 g/mol. The Morgan fingerprint density at radius 1 is 0.473 bits per heavy atom. The standard InChI is InChI=1S/C12H13N3.C11H15N3.C10H13N3O.C10H13N3S.C9H13N5.2C9H12N4.C9H11N3S/c1-4-9-7-15(8(2)3)12-11(9)10(13)5-6-14-12;1-7(2)14-6-8(3)10-9(12)4-5-13-11(10)14;1-6(2)13-5-4-8-9(13)11-7(3)12-10(8)14;1-7(2)13-6-12-9-8(14-3)4-5-11-10(9)13;1-5(2)14-4-11-7-8(10)12-6(3)13-9(7)14;1-6(2)13-5-12-8-7(3)10-4-11-9(8)13;1-6(2)13-5-11-8-4-10-7(3)12-9(8)13;1-6(2)12-5-11-8-7(13)3-4-10-9(8)12/h1,5-8H,2-3H3,(H2,13,14);4-7H,1-3H3,(H2,12,13);4-6H,1-3H3,(H,11,12,14);4-7H,1-3H3;4-5H,1-3H3,(H2,10,12,13);2*4-6H,1-3H3;3-6H,1-2H3,(H,10,13). The number of nitrogens with one attached hydrogen (secondary N) is 2. The molecule has 0 aromatic carbocycles. The number of imidazole rings is 5. The molecule has 0 amide bonds. The molecule has 16 aromatic heterocycles. The van der Waals surface area contributed by atoms with Gasteiger partial charge in [-0.05, 0) is 188 Å². The van der Waals surface area contributed by atoms with E-state index in [1.54, 1.807) is 62.1 Å². The molecule has 110 heavy (non-hydrogen) atoms. The second kappa shape index (κ2) is 36.0. The van der Waals surface area contributed by atoms with Crippen LogP contribution in [0.2, 0.25) is 0 Å². The van der Waals surface area contributed by atoms with Crippen molar-refractivity contribution in [2.75, 3.05) is 23.5 Å². The number of hydrogen-bond donors (Lipinski definition) is 5. The van der Waals surface area contributed by atoms with Gasteiger partial charge in [-0.15, -0.1) is 18.2 Å². The molecule has 0 atom stereocenters. The number of thioether (sulfide) groups is 1. The largest absolute Gasteiger partial charge is 0.398 e. The predicted molar refractivity (Wildman–Crippen MR) is 448 cm³/mol. The lowest BCUT2D eigenvalue weighted by Crippen LogP contribution is -2.10. The van der Waals surface area contributed by atoms with Crippen molar-refractivity contribution in [3.8, 4) is 12.3 Å². The van der Waals surface area contributed by atoms with E-state index in [1.807, 2.05) is 112 Å². The van der Waals surface area contributed by atoms with E-state index in [9.17, 15) is 4.79 Å². The summed E-state index contributed by atoms with van der Waals surface area (Å²) in [5, 5.41) is 2.62. The smallest absolute Gasteiger partial charge is 0.260 e. The van der Waals surface area contributed by atoms with Crippen LogP contribution in [0.5, 0.6) is 0 Å². The van der Waals surface area contributed by atoms with Crippen molar-refractivity contribution >= 4 is 130 Å². The van der Waals surface area contributed by atoms with Crippen molar-refractivity contribution in [3.05, 3.63) is 167 Å². The first-order valence-corrected chi connectivity index (χ1v) is 38.1. The van der Waals surface area contributed by atoms with Crippen molar-refractivity contribution in [3.63, 3.8) is 0 Å². The summed E-state index contributed by atoms with van der Waals surface area (Å²) in [5.41, 5.74) is 33.5. The minimum atomic E-state index is -0.0631. The van der Waals surface area contributed by atoms with Crippen molar-refractivity contribution in [1.82, 2.24) is 121 Å². The van der Waals surface area contributed by atoms with Gasteiger partial charge in [0.1, 0.15) is 74.0 Å². The van der Waals surface area contributed by atoms with Gasteiger partial charge in [-0.25, -0.2) is 74.8 Å². The van der Waals surface area contributed by atoms with E-state index in [-0.39, 0.29) is 5.56 Å². The number of anilines is 3. The number of nitrogens with two attached hydrogens (primary N) is 3. The summed E-state index contributed by atoms with van der Waals surface area (Å²) in [5.74, 6) is 5.22. The Balaban J connectivity index is 0.000000145. The summed E-state index contributed by atoms with van der Waals surface area (Å²) in [6.45, 7) is 43.2. The normalized spacial score (nSPS) is 11.3. The molecule has 576 valence electrons. The number of fused-ring (bicyclic) bond motifs is 8. The highest BCUT2D eigenvalue weighted by molar-refractivity contribution is 7.98. The predicted octanol–water partition coefficient (Wildman–Crippen LogP) is 16.4. The van der Waals surface area contributed by atoms with E-state index in [0.29, 0.717) is 82.4 Å². The molecule has 16 heterocycles. The second-order valence-corrected chi connectivity index (χ2v) is 29.7. The molecule has 8 N–H and O–H groups in total. The molecule has 0 unspecified atom stereocenters. The number of aromatic amines is 2. The van der Waals surface area contributed by atoms with Crippen molar-refractivity contribution in [1.29, 1.82) is 0 Å². The quantitative estimate of drug-likeness (QED) is 0.0509. The Morgan fingerprint density at radius 2 is 0.973 bits per heavy atom. The van der Waals surface area contributed by atoms with Gasteiger partial charge in [-0.2, -0.15) is 0 Å². The first-order valence-electron chi connectivity index (χ1n) is 36.4. The topological polar surface area (TPSA) is 359 Å². The fraction of sp³-hybridized carbons (Fsp3) is 0.380. The van der Waals surface area contributed by atoms with Gasteiger partial charge in [-0.3, -0.25) is 4.79 Å². The lowest BCUT2D eigenvalue weighted by molar-refractivity contribution is 0.612. The fourth-order valence-corrected chi connectivity index (χ4v) is 12.7. The lowest BCUT2D eigenvalue weighted by Gasteiger charge is -2.07. The van der Waals surface area contributed by atoms with Gasteiger partial charge in [0.2, 0.25) is 0 Å². The highest BCUT2D eigenvalue weighted by Gasteiger charge is 2.17. The van der Waals surface area contributed by atoms with E-state index in [1.165, 1.54) is 10.5 Å². The van der Waals surface area contributed by atoms with Crippen molar-refractivity contribution in [2.24, 2.45) is 0 Å². The molecule has 0 spiro atoms. The summed E-state index contributed by atoms with van der Waals surface area (Å²) >= 11 is 6.87. The van der Waals surface area contributed by atoms with Gasteiger partial charge in [0.15, 0.2) is 28.4 Å². The van der Waals surface area contributed by atoms with Crippen LogP contribution < -0.4 is 22.8 Å². The molecule has 0 saturated heterocycles. The highest BCUT2D eigenvalue weighted by atomic mass is 32.2. The van der Waals surface area contributed by atoms with Crippen molar-refractivity contribution < 1.29 is 0 Å². The van der Waals surface area contributed by atoms with Crippen LogP contribution in [0, 0.1) is 51.5 Å². The van der Waals surface area contributed by atoms with Crippen LogP contribution in [0.4, 0.5) is 17.2 Å². The third kappa shape index (κ3) is 18.5. The molecule has 0 aliphatic carbocycles. The third-order valence-corrected chi connectivity index (χ3v) is 18.7. The van der Waals surface area contributed by atoms with Gasteiger partial charge < -0.3 is 63.7 Å². The summed E-state index contributed by atoms with van der Waals surface area (Å²) < 4.78 is 17.2. The minimum Gasteiger partial charge on any atom is -0.398 e. The fourth-order valence-electron chi connectivity index (χ4n) is 11.9. The Bertz CT molecular complexity index is 5970. The number of pyridine rings is 4. The SMILES string of the molecule is C#Cc1cn(C(C)C)c2nccc(N)c12.CC(C)n1cnc2c(=S)cc[nH]c21.CSc1ccnc2c1ncn2C(C)C.Cc1cn(C(C)C)c2nccc(N)c12.Cc1nc(N)c2ncn(C(C)C)c2n1.Cc1nc2c(ccn2C(C)C)c(=O)[nH]1.Cc1ncc2ncn(C(C)C)c2n1.Cc1ncnc2c1ncn2C(C)C. The molecule has 29 nitrogen and oxygen atoms in total. The molecule has 0 radical (unpaired) electrons. The summed E-state index contributed by atoms with van der Waals surface area (Å²) in [7, 11) is 0. The Morgan fingerprint density at radius 3 is 1.57 bits per heavy atom. The van der Waals surface area contributed by atoms with E-state index in [0.717, 1.165) is 105 Å². The number of aryl methyl sites for hydroxylation is 5. The van der Waals surface area contributed by atoms with E-state index in [2.05, 4.69) is 235 Å². The van der Waals surface area contributed by atoms with Crippen LogP contribution >= 0.6 is 24.0 Å². The van der Waals surface area contributed by atoms with Crippen LogP contribution in [0.15, 0.2) is 128 Å². The zero-order valence-electron chi connectivity index (χ0n) is 66.9. The van der Waals surface area contributed by atoms with Crippen molar-refractivity contribution in [2.45, 2.75) is 199 Å². The van der Waals surface area contributed by atoms with Crippen LogP contribution in [0.25, 0.3) is 88.9 Å². The Hall–Kier alpha value is -11.8. The van der Waals surface area contributed by atoms with Crippen LogP contribution in [-0.2, 0) is 0 Å². The lowest BCUT2D eigenvalue weighted by atomic mass is 10.2. The van der Waals surface area contributed by atoms with Gasteiger partial charge in [-0.1, -0.05) is 18.1 Å². The number of terminal acetylenes is 1. The summed E-state index contributed by atoms with van der Waals surface area (Å²) in [6.07, 6.45) is 33.0. The Labute approximate surface area is 649 Å². The minimum absolute atomic E-state index is 0.0631. The maximum Gasteiger partial charge on any atom is 0.260 e. The molecule has 0 saturated carbocycles. The average Bonchev–Trinajstić information content (AvgIpc) is 1.64. The Kier molecular flexibility index (Phi) is 26.9. The maximum absolute atomic E-state index is 11.5. The summed E-state index contributed by atoms with van der Waals surface area (Å²) in [4.78, 5) is 82.4. The summed E-state index contributed by atoms with van der Waals surface area (Å²) in [6, 6.07) is 12.3. The molecular formula is C79H102N28OS2. The zero-order valence-corrected chi connectivity index (χ0v) is 68.5. The maximum atomic E-state index is 11.5. The molecule has 16 rings (SSSR count). The number of hydrogen-bond acceptors (Lipinski definition) is 21. The van der Waals surface area contributed by atoms with Crippen LogP contribution in [0.3, 0.4) is 0 Å². The molecule has 0 bridgehead atoms. The van der Waals surface area contributed by atoms with Crippen LogP contribution in [0.1, 0.15) is 193 Å².